The fraction of sp³-hybridized carbons (Fsp3) is 0.714. The standard InChI is InChI=1S/C7H12N2O4S/c1-4(10)9(8-13)5(6(11)12)7(2,3)14/h5,14H,1-3H3,(H,11,12)/t5-/m1/s1. The summed E-state index contributed by atoms with van der Waals surface area (Å²) in [5.74, 6) is -2.05. The van der Waals surface area contributed by atoms with E-state index < -0.39 is 22.7 Å². The highest BCUT2D eigenvalue weighted by Gasteiger charge is 2.40. The molecule has 0 aromatic heterocycles. The Labute approximate surface area is 86.6 Å². The molecule has 0 radical (unpaired) electrons. The third-order valence-electron chi connectivity index (χ3n) is 1.56. The molecule has 14 heavy (non-hydrogen) atoms. The lowest BCUT2D eigenvalue weighted by Crippen LogP contribution is -2.51. The molecule has 0 saturated carbocycles. The van der Waals surface area contributed by atoms with Crippen molar-refractivity contribution in [2.24, 2.45) is 5.29 Å². The largest absolute Gasteiger partial charge is 0.480 e. The first-order valence-corrected chi connectivity index (χ1v) is 4.24. The number of carboxylic acid groups (broad SMARTS) is 1. The van der Waals surface area contributed by atoms with E-state index in [0.717, 1.165) is 6.92 Å². The Balaban J connectivity index is 5.09. The summed E-state index contributed by atoms with van der Waals surface area (Å²) >= 11 is 4.00. The van der Waals surface area contributed by atoms with Crippen LogP contribution in [0.5, 0.6) is 0 Å². The van der Waals surface area contributed by atoms with E-state index >= 15 is 0 Å². The van der Waals surface area contributed by atoms with E-state index in [9.17, 15) is 14.5 Å². The lowest BCUT2D eigenvalue weighted by Gasteiger charge is -2.30. The number of hydrogen-bond acceptors (Lipinski definition) is 5. The van der Waals surface area contributed by atoms with Crippen molar-refractivity contribution in [3.05, 3.63) is 4.91 Å². The number of nitroso groups, excluding NO2 is 1. The molecule has 0 aromatic carbocycles. The Morgan fingerprint density at radius 1 is 1.50 bits per heavy atom. The normalized spacial score (nSPS) is 13.1. The van der Waals surface area contributed by atoms with E-state index in [-0.39, 0.29) is 0 Å². The third kappa shape index (κ3) is 2.99. The van der Waals surface area contributed by atoms with Gasteiger partial charge < -0.3 is 5.11 Å². The van der Waals surface area contributed by atoms with Crippen molar-refractivity contribution in [2.45, 2.75) is 31.6 Å². The first kappa shape index (κ1) is 12.9. The Hall–Kier alpha value is -1.11. The molecule has 1 atom stereocenters. The highest BCUT2D eigenvalue weighted by molar-refractivity contribution is 7.81. The van der Waals surface area contributed by atoms with Crippen molar-refractivity contribution in [1.29, 1.82) is 0 Å². The lowest BCUT2D eigenvalue weighted by molar-refractivity contribution is -0.150. The van der Waals surface area contributed by atoms with Crippen LogP contribution in [-0.2, 0) is 9.59 Å². The summed E-state index contributed by atoms with van der Waals surface area (Å²) in [5.41, 5.74) is 0. The third-order valence-corrected chi connectivity index (χ3v) is 1.80. The summed E-state index contributed by atoms with van der Waals surface area (Å²) in [7, 11) is 0. The minimum Gasteiger partial charge on any atom is -0.480 e. The van der Waals surface area contributed by atoms with Gasteiger partial charge in [0.1, 0.15) is 0 Å². The molecule has 0 rings (SSSR count). The zero-order valence-electron chi connectivity index (χ0n) is 8.09. The van der Waals surface area contributed by atoms with Gasteiger partial charge in [0.2, 0.25) is 5.91 Å². The molecule has 0 aliphatic heterocycles. The van der Waals surface area contributed by atoms with E-state index in [0.29, 0.717) is 5.01 Å². The highest BCUT2D eigenvalue weighted by Crippen LogP contribution is 2.23. The molecule has 0 fully saturated rings. The second kappa shape index (κ2) is 4.41. The second-order valence-electron chi connectivity index (χ2n) is 3.34. The molecule has 0 heterocycles. The van der Waals surface area contributed by atoms with Gasteiger partial charge in [0.05, 0.1) is 5.29 Å². The SMILES string of the molecule is CC(=O)N(N=O)[C@H](C(=O)O)C(C)(C)S. The summed E-state index contributed by atoms with van der Waals surface area (Å²) in [4.78, 5) is 32.0. The Kier molecular flexibility index (Phi) is 4.06. The first-order valence-electron chi connectivity index (χ1n) is 3.80. The summed E-state index contributed by atoms with van der Waals surface area (Å²) in [5, 5.41) is 11.6. The van der Waals surface area contributed by atoms with Crippen molar-refractivity contribution in [3.63, 3.8) is 0 Å². The number of rotatable bonds is 4. The molecule has 0 bridgehead atoms. The van der Waals surface area contributed by atoms with Gasteiger partial charge in [0.25, 0.3) is 0 Å². The Morgan fingerprint density at radius 2 is 1.93 bits per heavy atom. The first-order chi connectivity index (χ1) is 6.21. The van der Waals surface area contributed by atoms with Crippen molar-refractivity contribution in [2.75, 3.05) is 0 Å². The van der Waals surface area contributed by atoms with Gasteiger partial charge in [0, 0.05) is 11.7 Å². The topological polar surface area (TPSA) is 87.0 Å². The number of carboxylic acids is 1. The zero-order chi connectivity index (χ0) is 11.5. The molecule has 0 unspecified atom stereocenters. The lowest BCUT2D eigenvalue weighted by atomic mass is 10.0. The van der Waals surface area contributed by atoms with Gasteiger partial charge in [-0.25, -0.2) is 4.79 Å². The molecular weight excluding hydrogens is 208 g/mol. The number of nitrogens with zero attached hydrogens (tertiary/aromatic N) is 2. The van der Waals surface area contributed by atoms with Gasteiger partial charge in [-0.05, 0) is 13.8 Å². The maximum absolute atomic E-state index is 10.9. The summed E-state index contributed by atoms with van der Waals surface area (Å²) < 4.78 is -1.05. The predicted octanol–water partition coefficient (Wildman–Crippen LogP) is 0.678. The quantitative estimate of drug-likeness (QED) is 0.414. The molecule has 1 amide bonds. The van der Waals surface area contributed by atoms with E-state index in [4.69, 9.17) is 5.11 Å². The molecule has 80 valence electrons. The number of thiol groups is 1. The Morgan fingerprint density at radius 3 is 2.00 bits per heavy atom. The molecule has 0 spiro atoms. The van der Waals surface area contributed by atoms with Crippen LogP contribution >= 0.6 is 12.6 Å². The molecule has 0 saturated heterocycles. The van der Waals surface area contributed by atoms with Crippen LogP contribution in [0.1, 0.15) is 20.8 Å². The average Bonchev–Trinajstić information content (AvgIpc) is 1.95. The van der Waals surface area contributed by atoms with Crippen LogP contribution in [0.4, 0.5) is 0 Å². The van der Waals surface area contributed by atoms with Gasteiger partial charge >= 0.3 is 5.97 Å². The fourth-order valence-corrected chi connectivity index (χ4v) is 1.21. The minimum absolute atomic E-state index is 0.370. The smallest absolute Gasteiger partial charge is 0.330 e. The second-order valence-corrected chi connectivity index (χ2v) is 4.49. The predicted molar refractivity (Wildman–Crippen MR) is 52.8 cm³/mol. The van der Waals surface area contributed by atoms with Crippen LogP contribution in [0.3, 0.4) is 0 Å². The summed E-state index contributed by atoms with van der Waals surface area (Å²) in [6.45, 7) is 4.03. The van der Waals surface area contributed by atoms with Gasteiger partial charge in [-0.3, -0.25) is 4.79 Å². The average molecular weight is 220 g/mol. The molecule has 6 nitrogen and oxygen atoms in total. The van der Waals surface area contributed by atoms with Crippen LogP contribution in [0.25, 0.3) is 0 Å². The van der Waals surface area contributed by atoms with E-state index in [1.54, 1.807) is 0 Å². The van der Waals surface area contributed by atoms with Crippen molar-refractivity contribution in [3.8, 4) is 0 Å². The molecule has 0 aromatic rings. The van der Waals surface area contributed by atoms with Gasteiger partial charge in [-0.2, -0.15) is 17.6 Å². The fourth-order valence-electron chi connectivity index (χ4n) is 0.992. The maximum atomic E-state index is 10.9. The van der Waals surface area contributed by atoms with E-state index in [2.05, 4.69) is 17.9 Å². The van der Waals surface area contributed by atoms with Crippen LogP contribution in [-0.4, -0.2) is 32.8 Å². The van der Waals surface area contributed by atoms with Gasteiger partial charge in [-0.15, -0.1) is 4.91 Å². The van der Waals surface area contributed by atoms with Crippen LogP contribution in [0, 0.1) is 4.91 Å². The van der Waals surface area contributed by atoms with E-state index in [1.807, 2.05) is 0 Å². The maximum Gasteiger partial charge on any atom is 0.330 e. The minimum atomic E-state index is -1.37. The van der Waals surface area contributed by atoms with E-state index in [1.165, 1.54) is 13.8 Å². The molecule has 0 aliphatic carbocycles. The zero-order valence-corrected chi connectivity index (χ0v) is 8.99. The molecular formula is C7H12N2O4S. The number of hydrogen-bond donors (Lipinski definition) is 2. The monoisotopic (exact) mass is 220 g/mol. The number of aliphatic carboxylic acids is 1. The number of carbonyl (C=O) groups excluding carboxylic acids is 1. The summed E-state index contributed by atoms with van der Waals surface area (Å²) in [6, 6.07) is -1.37. The molecule has 1 N–H and O–H groups in total. The van der Waals surface area contributed by atoms with Gasteiger partial charge in [0.15, 0.2) is 6.04 Å². The van der Waals surface area contributed by atoms with Crippen LogP contribution in [0.15, 0.2) is 5.29 Å². The van der Waals surface area contributed by atoms with Crippen molar-refractivity contribution in [1.82, 2.24) is 5.01 Å². The molecule has 7 heteroatoms. The van der Waals surface area contributed by atoms with Gasteiger partial charge in [-0.1, -0.05) is 0 Å². The van der Waals surface area contributed by atoms with Crippen molar-refractivity contribution >= 4 is 24.5 Å². The van der Waals surface area contributed by atoms with Crippen LogP contribution in [0.2, 0.25) is 0 Å². The van der Waals surface area contributed by atoms with Crippen molar-refractivity contribution < 1.29 is 14.7 Å². The number of carbonyl (C=O) groups is 2. The number of amides is 1. The van der Waals surface area contributed by atoms with Crippen LogP contribution < -0.4 is 0 Å². The highest BCUT2D eigenvalue weighted by atomic mass is 32.1. The Bertz CT molecular complexity index is 261. The summed E-state index contributed by atoms with van der Waals surface area (Å²) in [6.07, 6.45) is 0. The molecule has 0 aliphatic rings.